The van der Waals surface area contributed by atoms with E-state index in [0.717, 1.165) is 11.1 Å². The first-order valence-corrected chi connectivity index (χ1v) is 5.70. The van der Waals surface area contributed by atoms with Gasteiger partial charge in [-0.2, -0.15) is 0 Å². The Balaban J connectivity index is 2.39. The highest BCUT2D eigenvalue weighted by Gasteiger charge is 2.34. The molecule has 0 saturated heterocycles. The van der Waals surface area contributed by atoms with E-state index in [9.17, 15) is 0 Å². The molecule has 2 aromatic carbocycles. The van der Waals surface area contributed by atoms with Crippen LogP contribution in [0.25, 0.3) is 9.69 Å². The van der Waals surface area contributed by atoms with Crippen molar-refractivity contribution in [1.82, 2.24) is 0 Å². The predicted octanol–water partition coefficient (Wildman–Crippen LogP) is 4.31. The van der Waals surface area contributed by atoms with Gasteiger partial charge in [0, 0.05) is 11.1 Å². The van der Waals surface area contributed by atoms with Crippen molar-refractivity contribution in [2.75, 3.05) is 0 Å². The van der Waals surface area contributed by atoms with Gasteiger partial charge in [-0.3, -0.25) is 9.69 Å². The van der Waals surface area contributed by atoms with Crippen LogP contribution in [0.3, 0.4) is 0 Å². The van der Waals surface area contributed by atoms with Crippen LogP contribution < -0.4 is 0 Å². The van der Waals surface area contributed by atoms with E-state index in [-0.39, 0.29) is 0 Å². The number of rotatable bonds is 3. The maximum Gasteiger partial charge on any atom is 0.326 e. The number of hydrogen-bond acceptors (Lipinski definition) is 0. The summed E-state index contributed by atoms with van der Waals surface area (Å²) < 4.78 is 0. The highest BCUT2D eigenvalue weighted by Crippen LogP contribution is 2.35. The summed E-state index contributed by atoms with van der Waals surface area (Å²) in [4.78, 5) is 7.28. The van der Waals surface area contributed by atoms with Crippen molar-refractivity contribution in [2.45, 2.75) is 12.1 Å². The molecule has 0 bridgehead atoms. The summed E-state index contributed by atoms with van der Waals surface area (Å²) in [5.41, 5.74) is 1.80. The molecule has 18 heavy (non-hydrogen) atoms. The molecule has 2 aromatic rings. The van der Waals surface area contributed by atoms with Crippen molar-refractivity contribution in [3.63, 3.8) is 0 Å². The Morgan fingerprint density at radius 1 is 0.611 bits per heavy atom. The molecule has 0 spiro atoms. The van der Waals surface area contributed by atoms with E-state index in [1.165, 1.54) is 0 Å². The van der Waals surface area contributed by atoms with Gasteiger partial charge in [-0.1, -0.05) is 60.7 Å². The van der Waals surface area contributed by atoms with E-state index in [4.69, 9.17) is 13.1 Å². The van der Waals surface area contributed by atoms with Gasteiger partial charge < -0.3 is 0 Å². The van der Waals surface area contributed by atoms with Crippen molar-refractivity contribution in [1.29, 1.82) is 0 Å². The minimum absolute atomic E-state index is 0.439. The monoisotopic (exact) mass is 232 g/mol. The van der Waals surface area contributed by atoms with E-state index in [1.807, 2.05) is 60.7 Å². The molecule has 0 radical (unpaired) electrons. The second-order valence-electron chi connectivity index (χ2n) is 3.97. The molecule has 0 aliphatic rings. The fraction of sp³-hybridized carbons (Fsp3) is 0.125. The molecule has 86 valence electrons. The molecule has 0 fully saturated rings. The van der Waals surface area contributed by atoms with Gasteiger partial charge in [0.15, 0.2) is 0 Å². The summed E-state index contributed by atoms with van der Waals surface area (Å²) >= 11 is 0. The minimum atomic E-state index is -0.439. The van der Waals surface area contributed by atoms with Crippen molar-refractivity contribution >= 4 is 0 Å². The third kappa shape index (κ3) is 2.39. The van der Waals surface area contributed by atoms with E-state index >= 15 is 0 Å². The molecule has 2 nitrogen and oxygen atoms in total. The second-order valence-corrected chi connectivity index (χ2v) is 3.97. The van der Waals surface area contributed by atoms with Crippen LogP contribution in [0.2, 0.25) is 0 Å². The number of benzene rings is 2. The predicted molar refractivity (Wildman–Crippen MR) is 71.6 cm³/mol. The van der Waals surface area contributed by atoms with Crippen LogP contribution in [0.4, 0.5) is 0 Å². The van der Waals surface area contributed by atoms with Crippen LogP contribution in [0, 0.1) is 13.1 Å². The lowest BCUT2D eigenvalue weighted by molar-refractivity contribution is 0.729. The lowest BCUT2D eigenvalue weighted by atomic mass is 9.95. The second kappa shape index (κ2) is 5.66. The molecule has 0 heterocycles. The normalized spacial score (nSPS) is 13.0. The van der Waals surface area contributed by atoms with Crippen molar-refractivity contribution in [3.8, 4) is 0 Å². The van der Waals surface area contributed by atoms with Gasteiger partial charge in [-0.15, -0.1) is 0 Å². The quantitative estimate of drug-likeness (QED) is 0.697. The van der Waals surface area contributed by atoms with Crippen molar-refractivity contribution in [2.24, 2.45) is 0 Å². The van der Waals surface area contributed by atoms with Gasteiger partial charge >= 0.3 is 12.1 Å². The molecular formula is C16H12N2. The molecule has 0 saturated carbocycles. The lowest BCUT2D eigenvalue weighted by Gasteiger charge is -2.08. The van der Waals surface area contributed by atoms with E-state index in [1.54, 1.807) is 0 Å². The first kappa shape index (κ1) is 11.9. The Bertz CT molecular complexity index is 520. The fourth-order valence-electron chi connectivity index (χ4n) is 1.96. The van der Waals surface area contributed by atoms with Crippen molar-refractivity contribution in [3.05, 3.63) is 94.6 Å². The maximum atomic E-state index is 7.36. The molecule has 0 aliphatic carbocycles. The summed E-state index contributed by atoms with van der Waals surface area (Å²) in [6.45, 7) is 14.7. The molecule has 0 unspecified atom stereocenters. The Hall–Kier alpha value is -2.58. The van der Waals surface area contributed by atoms with Crippen LogP contribution in [0.5, 0.6) is 0 Å². The van der Waals surface area contributed by atoms with Crippen LogP contribution in [0.15, 0.2) is 60.7 Å². The smallest absolute Gasteiger partial charge is 0.299 e. The largest absolute Gasteiger partial charge is 0.326 e. The Morgan fingerprint density at radius 3 is 1.22 bits per heavy atom. The molecule has 0 amide bonds. The number of nitrogens with zero attached hydrogens (tertiary/aromatic N) is 2. The SMILES string of the molecule is [C-]#[N+][C@@H](c1ccccc1)[C@@H]([N+]#[C-])c1ccccc1. The molecule has 2 atom stereocenters. The first-order valence-electron chi connectivity index (χ1n) is 5.70. The summed E-state index contributed by atoms with van der Waals surface area (Å²) in [5.74, 6) is 0. The standard InChI is InChI=1S/C16H12N2/c1-17-15(13-9-5-3-6-10-13)16(18-2)14-11-7-4-8-12-14/h3-12,15-16H/t15-,16-/m0/s1. The zero-order chi connectivity index (χ0) is 12.8. The third-order valence-corrected chi connectivity index (χ3v) is 2.86. The molecular weight excluding hydrogens is 220 g/mol. The van der Waals surface area contributed by atoms with Gasteiger partial charge in [0.2, 0.25) is 0 Å². The van der Waals surface area contributed by atoms with Crippen molar-refractivity contribution < 1.29 is 0 Å². The van der Waals surface area contributed by atoms with Gasteiger partial charge in [-0.05, 0) is 0 Å². The van der Waals surface area contributed by atoms with Crippen LogP contribution in [0.1, 0.15) is 23.2 Å². The zero-order valence-electron chi connectivity index (χ0n) is 9.82. The average molecular weight is 232 g/mol. The minimum Gasteiger partial charge on any atom is -0.299 e. The van der Waals surface area contributed by atoms with Gasteiger partial charge in [0.1, 0.15) is 0 Å². The zero-order valence-corrected chi connectivity index (χ0v) is 9.82. The summed E-state index contributed by atoms with van der Waals surface area (Å²) in [5, 5.41) is 0. The molecule has 0 aromatic heterocycles. The molecule has 0 aliphatic heterocycles. The van der Waals surface area contributed by atoms with Crippen LogP contribution in [-0.4, -0.2) is 0 Å². The average Bonchev–Trinajstić information content (AvgIpc) is 2.46. The van der Waals surface area contributed by atoms with E-state index < -0.39 is 12.1 Å². The van der Waals surface area contributed by atoms with Gasteiger partial charge in [0.05, 0.1) is 0 Å². The fourth-order valence-corrected chi connectivity index (χ4v) is 1.96. The molecule has 0 N–H and O–H groups in total. The Labute approximate surface area is 107 Å². The van der Waals surface area contributed by atoms with E-state index in [0.29, 0.717) is 0 Å². The summed E-state index contributed by atoms with van der Waals surface area (Å²) in [6.07, 6.45) is 0. The highest BCUT2D eigenvalue weighted by atomic mass is 14.8. The Morgan fingerprint density at radius 2 is 0.944 bits per heavy atom. The summed E-state index contributed by atoms with van der Waals surface area (Å²) in [6, 6.07) is 18.2. The van der Waals surface area contributed by atoms with Gasteiger partial charge in [-0.25, -0.2) is 13.1 Å². The topological polar surface area (TPSA) is 8.72 Å². The van der Waals surface area contributed by atoms with Crippen LogP contribution >= 0.6 is 0 Å². The third-order valence-electron chi connectivity index (χ3n) is 2.86. The first-order chi connectivity index (χ1) is 8.86. The summed E-state index contributed by atoms with van der Waals surface area (Å²) in [7, 11) is 0. The molecule has 2 rings (SSSR count). The molecule has 2 heteroatoms. The van der Waals surface area contributed by atoms with Crippen LogP contribution in [-0.2, 0) is 0 Å². The number of hydrogen-bond donors (Lipinski definition) is 0. The van der Waals surface area contributed by atoms with Gasteiger partial charge in [0.25, 0.3) is 0 Å². The Kier molecular flexibility index (Phi) is 3.74. The maximum absolute atomic E-state index is 7.36. The lowest BCUT2D eigenvalue weighted by Crippen LogP contribution is -2.04. The highest BCUT2D eigenvalue weighted by molar-refractivity contribution is 5.31. The van der Waals surface area contributed by atoms with E-state index in [2.05, 4.69) is 9.69 Å².